The minimum Gasteiger partial charge on any atom is -0.461 e. The van der Waals surface area contributed by atoms with Gasteiger partial charge in [-0.15, -0.1) is 0 Å². The van der Waals surface area contributed by atoms with Crippen molar-refractivity contribution < 1.29 is 14.3 Å². The monoisotopic (exact) mass is 544 g/mol. The lowest BCUT2D eigenvalue weighted by molar-refractivity contribution is 0.0519. The molecule has 40 heavy (non-hydrogen) atoms. The van der Waals surface area contributed by atoms with Crippen LogP contribution in [0.4, 0.5) is 23.0 Å². The van der Waals surface area contributed by atoms with E-state index in [-0.39, 0.29) is 18.2 Å². The number of nitrogens with zero attached hydrogens (tertiary/aromatic N) is 4. The molecule has 9 heteroatoms. The first-order chi connectivity index (χ1) is 19.2. The Morgan fingerprint density at radius 1 is 1.15 bits per heavy atom. The number of pyridine rings is 2. The third-order valence-corrected chi connectivity index (χ3v) is 7.13. The molecule has 0 spiro atoms. The largest absolute Gasteiger partial charge is 0.461 e. The van der Waals surface area contributed by atoms with E-state index in [4.69, 9.17) is 19.9 Å². The standard InChI is InChI=1S/C31H40N6O3/c1-7-40-31(38)26-18-25(21-11-12-27(33-19-21)37(6)23-13-15-39-16-14-23)28(29(32)20(2)3)30(35-26)34-22-9-8-10-24(17-22)36(4)5/h8-12,17-20,23,32H,7,13-16H2,1-6H3,(H,34,35). The molecular weight excluding hydrogens is 504 g/mol. The van der Waals surface area contributed by atoms with Gasteiger partial charge in [-0.25, -0.2) is 14.8 Å². The van der Waals surface area contributed by atoms with E-state index in [1.165, 1.54) is 0 Å². The molecule has 0 saturated carbocycles. The lowest BCUT2D eigenvalue weighted by atomic mass is 9.92. The molecule has 1 saturated heterocycles. The number of esters is 1. The van der Waals surface area contributed by atoms with Crippen molar-refractivity contribution in [3.63, 3.8) is 0 Å². The molecule has 0 amide bonds. The van der Waals surface area contributed by atoms with Gasteiger partial charge in [-0.3, -0.25) is 0 Å². The van der Waals surface area contributed by atoms with Gasteiger partial charge in [0, 0.05) is 74.8 Å². The van der Waals surface area contributed by atoms with Crippen LogP contribution >= 0.6 is 0 Å². The fraction of sp³-hybridized carbons (Fsp3) is 0.419. The highest BCUT2D eigenvalue weighted by Gasteiger charge is 2.24. The Balaban J connectivity index is 1.82. The van der Waals surface area contributed by atoms with Gasteiger partial charge in [0.15, 0.2) is 5.69 Å². The summed E-state index contributed by atoms with van der Waals surface area (Å²) in [4.78, 5) is 26.6. The topological polar surface area (TPSA) is 104 Å². The molecular formula is C31H40N6O3. The molecule has 1 fully saturated rings. The molecule has 0 radical (unpaired) electrons. The Kier molecular flexibility index (Phi) is 9.37. The first-order valence-electron chi connectivity index (χ1n) is 13.8. The smallest absolute Gasteiger partial charge is 0.357 e. The van der Waals surface area contributed by atoms with Gasteiger partial charge in [0.2, 0.25) is 0 Å². The van der Waals surface area contributed by atoms with E-state index in [2.05, 4.69) is 22.2 Å². The van der Waals surface area contributed by atoms with Crippen molar-refractivity contribution in [2.24, 2.45) is 5.92 Å². The summed E-state index contributed by atoms with van der Waals surface area (Å²) >= 11 is 0. The Hall–Kier alpha value is -3.98. The van der Waals surface area contributed by atoms with Crippen molar-refractivity contribution in [1.82, 2.24) is 9.97 Å². The maximum absolute atomic E-state index is 12.9. The van der Waals surface area contributed by atoms with Crippen molar-refractivity contribution in [3.05, 3.63) is 59.9 Å². The fourth-order valence-corrected chi connectivity index (χ4v) is 4.75. The lowest BCUT2D eigenvalue weighted by Crippen LogP contribution is -2.37. The lowest BCUT2D eigenvalue weighted by Gasteiger charge is -2.32. The van der Waals surface area contributed by atoms with Crippen LogP contribution in [0.25, 0.3) is 11.1 Å². The quantitative estimate of drug-likeness (QED) is 0.245. The molecule has 9 nitrogen and oxygen atoms in total. The SMILES string of the molecule is CCOC(=O)c1cc(-c2ccc(N(C)C3CCOCC3)nc2)c(C(=N)C(C)C)c(Nc2cccc(N(C)C)c2)n1. The number of hydrogen-bond acceptors (Lipinski definition) is 9. The van der Waals surface area contributed by atoms with Gasteiger partial charge in [0.1, 0.15) is 11.6 Å². The van der Waals surface area contributed by atoms with Crippen molar-refractivity contribution >= 4 is 34.7 Å². The highest BCUT2D eigenvalue weighted by molar-refractivity contribution is 6.10. The zero-order valence-electron chi connectivity index (χ0n) is 24.3. The molecule has 0 aliphatic carbocycles. The van der Waals surface area contributed by atoms with Crippen LogP contribution < -0.4 is 15.1 Å². The normalized spacial score (nSPS) is 13.7. The van der Waals surface area contributed by atoms with Gasteiger partial charge in [-0.2, -0.15) is 0 Å². The van der Waals surface area contributed by atoms with Crippen LogP contribution in [0.3, 0.4) is 0 Å². The predicted molar refractivity (Wildman–Crippen MR) is 161 cm³/mol. The molecule has 1 aliphatic heterocycles. The Morgan fingerprint density at radius 3 is 2.52 bits per heavy atom. The van der Waals surface area contributed by atoms with E-state index < -0.39 is 5.97 Å². The summed E-state index contributed by atoms with van der Waals surface area (Å²) in [7, 11) is 6.02. The van der Waals surface area contributed by atoms with Crippen LogP contribution in [0.5, 0.6) is 0 Å². The molecule has 4 rings (SSSR count). The molecule has 3 heterocycles. The summed E-state index contributed by atoms with van der Waals surface area (Å²) in [6.45, 7) is 7.48. The summed E-state index contributed by atoms with van der Waals surface area (Å²) in [5.74, 6) is 0.711. The molecule has 0 atom stereocenters. The minimum atomic E-state index is -0.514. The van der Waals surface area contributed by atoms with Crippen molar-refractivity contribution in [1.29, 1.82) is 5.41 Å². The van der Waals surface area contributed by atoms with E-state index in [1.807, 2.05) is 75.4 Å². The second-order valence-corrected chi connectivity index (χ2v) is 10.5. The highest BCUT2D eigenvalue weighted by atomic mass is 16.5. The number of carbonyl (C=O) groups is 1. The maximum atomic E-state index is 12.9. The average molecular weight is 545 g/mol. The van der Waals surface area contributed by atoms with E-state index in [0.29, 0.717) is 28.7 Å². The van der Waals surface area contributed by atoms with Gasteiger partial charge in [0.25, 0.3) is 0 Å². The molecule has 212 valence electrons. The predicted octanol–water partition coefficient (Wildman–Crippen LogP) is 5.77. The van der Waals surface area contributed by atoms with E-state index in [9.17, 15) is 4.79 Å². The summed E-state index contributed by atoms with van der Waals surface area (Å²) in [5.41, 5.74) is 4.53. The third-order valence-electron chi connectivity index (χ3n) is 7.13. The Morgan fingerprint density at radius 2 is 1.90 bits per heavy atom. The number of benzene rings is 1. The zero-order chi connectivity index (χ0) is 28.8. The third kappa shape index (κ3) is 6.59. The van der Waals surface area contributed by atoms with Crippen molar-refractivity contribution in [3.8, 4) is 11.1 Å². The zero-order valence-corrected chi connectivity index (χ0v) is 24.3. The maximum Gasteiger partial charge on any atom is 0.357 e. The fourth-order valence-electron chi connectivity index (χ4n) is 4.75. The van der Waals surface area contributed by atoms with E-state index in [0.717, 1.165) is 48.8 Å². The van der Waals surface area contributed by atoms with Crippen molar-refractivity contribution in [2.45, 2.75) is 39.7 Å². The molecule has 0 bridgehead atoms. The number of aromatic nitrogens is 2. The first kappa shape index (κ1) is 29.0. The van der Waals surface area contributed by atoms with Gasteiger partial charge >= 0.3 is 5.97 Å². The Labute approximate surface area is 237 Å². The number of hydrogen-bond donors (Lipinski definition) is 2. The van der Waals surface area contributed by atoms with Gasteiger partial charge in [-0.05, 0) is 67.6 Å². The van der Waals surface area contributed by atoms with Gasteiger partial charge < -0.3 is 30.0 Å². The summed E-state index contributed by atoms with van der Waals surface area (Å²) < 4.78 is 10.8. The number of rotatable bonds is 10. The van der Waals surface area contributed by atoms with E-state index >= 15 is 0 Å². The molecule has 2 aromatic heterocycles. The second-order valence-electron chi connectivity index (χ2n) is 10.5. The second kappa shape index (κ2) is 12.9. The van der Waals surface area contributed by atoms with Gasteiger partial charge in [0.05, 0.1) is 6.61 Å². The molecule has 2 N–H and O–H groups in total. The number of anilines is 4. The summed E-state index contributed by atoms with van der Waals surface area (Å²) in [6.07, 6.45) is 3.74. The number of nitrogens with one attached hydrogen (secondary N) is 2. The number of ether oxygens (including phenoxy) is 2. The van der Waals surface area contributed by atoms with Crippen molar-refractivity contribution in [2.75, 3.05) is 56.1 Å². The van der Waals surface area contributed by atoms with Gasteiger partial charge in [-0.1, -0.05) is 19.9 Å². The van der Waals surface area contributed by atoms with E-state index in [1.54, 1.807) is 13.0 Å². The van der Waals surface area contributed by atoms with Crippen LogP contribution in [-0.2, 0) is 9.47 Å². The molecule has 1 aromatic carbocycles. The molecule has 1 aliphatic rings. The van der Waals surface area contributed by atoms with Crippen LogP contribution in [0.1, 0.15) is 49.7 Å². The average Bonchev–Trinajstić information content (AvgIpc) is 2.96. The minimum absolute atomic E-state index is 0.0745. The van der Waals surface area contributed by atoms with Crippen LogP contribution in [0.15, 0.2) is 48.7 Å². The highest BCUT2D eigenvalue weighted by Crippen LogP contribution is 2.34. The molecule has 0 unspecified atom stereocenters. The van der Waals surface area contributed by atoms with Crippen LogP contribution in [0, 0.1) is 11.3 Å². The molecule has 3 aromatic rings. The van der Waals surface area contributed by atoms with Crippen LogP contribution in [0.2, 0.25) is 0 Å². The summed E-state index contributed by atoms with van der Waals surface area (Å²) in [6, 6.07) is 14.0. The first-order valence-corrected chi connectivity index (χ1v) is 13.8. The Bertz CT molecular complexity index is 1330. The number of carbonyl (C=O) groups excluding carboxylic acids is 1. The summed E-state index contributed by atoms with van der Waals surface area (Å²) in [5, 5.41) is 12.4. The van der Waals surface area contributed by atoms with Crippen LogP contribution in [-0.4, -0.2) is 68.7 Å².